The molecule has 1 N–H and O–H groups in total. The van der Waals surface area contributed by atoms with E-state index in [1.54, 1.807) is 0 Å². The third-order valence-corrected chi connectivity index (χ3v) is 6.11. The van der Waals surface area contributed by atoms with Crippen molar-refractivity contribution in [2.75, 3.05) is 18.5 Å². The van der Waals surface area contributed by atoms with Crippen LogP contribution < -0.4 is 10.1 Å². The molecule has 1 heterocycles. The van der Waals surface area contributed by atoms with E-state index in [1.165, 1.54) is 24.0 Å². The van der Waals surface area contributed by atoms with Gasteiger partial charge in [-0.2, -0.15) is 0 Å². The fraction of sp³-hybridized carbons (Fsp3) is 0.571. The van der Waals surface area contributed by atoms with Crippen molar-refractivity contribution in [3.8, 4) is 5.75 Å². The Labute approximate surface area is 194 Å². The number of ether oxygens (including phenoxy) is 3. The molecule has 0 radical (unpaired) electrons. The minimum Gasteiger partial charge on any atom is -0.485 e. The Morgan fingerprint density at radius 1 is 0.906 bits per heavy atom. The molecule has 0 amide bonds. The minimum atomic E-state index is -0.451. The molecule has 0 aliphatic carbocycles. The average Bonchev–Trinajstić information content (AvgIpc) is 2.77. The summed E-state index contributed by atoms with van der Waals surface area (Å²) in [6.07, 6.45) is 5.30. The molecule has 0 saturated heterocycles. The highest BCUT2D eigenvalue weighted by molar-refractivity contribution is 5.54. The van der Waals surface area contributed by atoms with Gasteiger partial charge >= 0.3 is 0 Å². The lowest BCUT2D eigenvalue weighted by Gasteiger charge is -2.44. The van der Waals surface area contributed by atoms with Gasteiger partial charge in [-0.3, -0.25) is 0 Å². The Hall–Kier alpha value is -2.04. The fourth-order valence-electron chi connectivity index (χ4n) is 4.14. The van der Waals surface area contributed by atoms with Gasteiger partial charge in [-0.25, -0.2) is 0 Å². The van der Waals surface area contributed by atoms with E-state index in [1.807, 2.05) is 0 Å². The molecular formula is C28H41NO3. The maximum Gasteiger partial charge on any atom is 0.132 e. The van der Waals surface area contributed by atoms with Crippen molar-refractivity contribution in [1.29, 1.82) is 0 Å². The Bertz CT molecular complexity index is 831. The lowest BCUT2D eigenvalue weighted by molar-refractivity contribution is -0.163. The molecule has 4 heteroatoms. The number of rotatable bonds is 12. The maximum atomic E-state index is 6.45. The number of hydrogen-bond acceptors (Lipinski definition) is 4. The van der Waals surface area contributed by atoms with Crippen LogP contribution in [0.4, 0.5) is 5.69 Å². The molecule has 3 rings (SSSR count). The van der Waals surface area contributed by atoms with Crippen molar-refractivity contribution in [3.05, 3.63) is 59.2 Å². The average molecular weight is 440 g/mol. The molecule has 1 aliphatic heterocycles. The first-order valence-electron chi connectivity index (χ1n) is 12.3. The van der Waals surface area contributed by atoms with E-state index in [4.69, 9.17) is 14.2 Å². The zero-order chi connectivity index (χ0) is 23.0. The van der Waals surface area contributed by atoms with E-state index in [-0.39, 0.29) is 12.2 Å². The van der Waals surface area contributed by atoms with Crippen LogP contribution in [0.3, 0.4) is 0 Å². The molecule has 2 atom stereocenters. The van der Waals surface area contributed by atoms with E-state index >= 15 is 0 Å². The summed E-state index contributed by atoms with van der Waals surface area (Å²) in [6.45, 7) is 13.0. The number of nitrogens with one attached hydrogen (secondary N) is 1. The van der Waals surface area contributed by atoms with Gasteiger partial charge in [0, 0.05) is 31.0 Å². The molecule has 176 valence electrons. The van der Waals surface area contributed by atoms with Gasteiger partial charge in [0.25, 0.3) is 0 Å². The zero-order valence-corrected chi connectivity index (χ0v) is 20.6. The Morgan fingerprint density at radius 2 is 1.62 bits per heavy atom. The van der Waals surface area contributed by atoms with Gasteiger partial charge in [-0.1, -0.05) is 62.9 Å². The van der Waals surface area contributed by atoms with Gasteiger partial charge in [0.15, 0.2) is 0 Å². The standard InChI is InChI=1S/C28H41NO3/c1-6-8-10-18-31-27-26(30-17-9-7-2)24-19-23(15-16-25(24)32-28(27,4)5)29-20-22-13-11-21(3)12-14-22/h11-16,19,26-27,29H,6-10,17-18,20H2,1-5H3. The highest BCUT2D eigenvalue weighted by Crippen LogP contribution is 2.44. The largest absolute Gasteiger partial charge is 0.485 e. The number of aryl methyl sites for hydroxylation is 1. The summed E-state index contributed by atoms with van der Waals surface area (Å²) in [4.78, 5) is 0. The third-order valence-electron chi connectivity index (χ3n) is 6.11. The van der Waals surface area contributed by atoms with Gasteiger partial charge in [0.2, 0.25) is 0 Å². The van der Waals surface area contributed by atoms with E-state index in [9.17, 15) is 0 Å². The predicted octanol–water partition coefficient (Wildman–Crippen LogP) is 7.21. The Morgan fingerprint density at radius 3 is 2.34 bits per heavy atom. The summed E-state index contributed by atoms with van der Waals surface area (Å²) >= 11 is 0. The number of unbranched alkanes of at least 4 members (excludes halogenated alkanes) is 3. The van der Waals surface area contributed by atoms with Crippen molar-refractivity contribution >= 4 is 5.69 Å². The highest BCUT2D eigenvalue weighted by atomic mass is 16.6. The number of anilines is 1. The quantitative estimate of drug-likeness (QED) is 0.355. The summed E-state index contributed by atoms with van der Waals surface area (Å²) in [5.74, 6) is 0.894. The maximum absolute atomic E-state index is 6.45. The first-order chi connectivity index (χ1) is 15.4. The van der Waals surface area contributed by atoms with Gasteiger partial charge in [0.05, 0.1) is 0 Å². The number of fused-ring (bicyclic) bond motifs is 1. The summed E-state index contributed by atoms with van der Waals surface area (Å²) < 4.78 is 19.3. The van der Waals surface area contributed by atoms with Crippen LogP contribution in [0, 0.1) is 6.92 Å². The Balaban J connectivity index is 1.80. The van der Waals surface area contributed by atoms with Crippen molar-refractivity contribution in [2.45, 2.75) is 91.1 Å². The molecule has 0 aromatic heterocycles. The van der Waals surface area contributed by atoms with Crippen molar-refractivity contribution in [1.82, 2.24) is 0 Å². The summed E-state index contributed by atoms with van der Waals surface area (Å²) in [5, 5.41) is 3.56. The van der Waals surface area contributed by atoms with E-state index in [2.05, 4.69) is 82.4 Å². The molecule has 2 unspecified atom stereocenters. The molecule has 4 nitrogen and oxygen atoms in total. The molecule has 32 heavy (non-hydrogen) atoms. The van der Waals surface area contributed by atoms with Gasteiger partial charge in [0.1, 0.15) is 23.6 Å². The smallest absolute Gasteiger partial charge is 0.132 e. The van der Waals surface area contributed by atoms with Crippen LogP contribution in [0.5, 0.6) is 5.75 Å². The van der Waals surface area contributed by atoms with Crippen LogP contribution in [-0.4, -0.2) is 24.9 Å². The third kappa shape index (κ3) is 6.49. The zero-order valence-electron chi connectivity index (χ0n) is 20.6. The number of hydrogen-bond donors (Lipinski definition) is 1. The fourth-order valence-corrected chi connectivity index (χ4v) is 4.14. The molecule has 1 aliphatic rings. The SMILES string of the molecule is CCCCCOC1C(OCCCC)c2cc(NCc3ccc(C)cc3)ccc2OC1(C)C. The second kappa shape index (κ2) is 11.7. The van der Waals surface area contributed by atoms with Crippen LogP contribution in [0.1, 0.15) is 82.6 Å². The summed E-state index contributed by atoms with van der Waals surface area (Å²) in [7, 11) is 0. The van der Waals surface area contributed by atoms with Crippen LogP contribution in [0.2, 0.25) is 0 Å². The lowest BCUT2D eigenvalue weighted by atomic mass is 9.87. The lowest BCUT2D eigenvalue weighted by Crippen LogP contribution is -2.51. The van der Waals surface area contributed by atoms with E-state index in [0.717, 1.165) is 56.0 Å². The second-order valence-electron chi connectivity index (χ2n) is 9.44. The van der Waals surface area contributed by atoms with Crippen LogP contribution in [0.15, 0.2) is 42.5 Å². The van der Waals surface area contributed by atoms with E-state index < -0.39 is 5.60 Å². The van der Waals surface area contributed by atoms with Crippen LogP contribution in [-0.2, 0) is 16.0 Å². The molecular weight excluding hydrogens is 398 g/mol. The topological polar surface area (TPSA) is 39.7 Å². The molecule has 0 spiro atoms. The molecule has 0 saturated carbocycles. The van der Waals surface area contributed by atoms with Crippen molar-refractivity contribution in [3.63, 3.8) is 0 Å². The van der Waals surface area contributed by atoms with Crippen molar-refractivity contribution < 1.29 is 14.2 Å². The van der Waals surface area contributed by atoms with Gasteiger partial charge in [-0.15, -0.1) is 0 Å². The van der Waals surface area contributed by atoms with Crippen LogP contribution in [0.25, 0.3) is 0 Å². The van der Waals surface area contributed by atoms with Gasteiger partial charge in [-0.05, 0) is 57.4 Å². The first-order valence-corrected chi connectivity index (χ1v) is 12.3. The van der Waals surface area contributed by atoms with Crippen LogP contribution >= 0.6 is 0 Å². The molecule has 0 bridgehead atoms. The Kier molecular flexibility index (Phi) is 9.01. The monoisotopic (exact) mass is 439 g/mol. The van der Waals surface area contributed by atoms with Gasteiger partial charge < -0.3 is 19.5 Å². The molecule has 0 fully saturated rings. The van der Waals surface area contributed by atoms with E-state index in [0.29, 0.717) is 0 Å². The number of benzene rings is 2. The summed E-state index contributed by atoms with van der Waals surface area (Å²) in [5.41, 5.74) is 4.24. The molecule has 2 aromatic rings. The highest BCUT2D eigenvalue weighted by Gasteiger charge is 2.45. The summed E-state index contributed by atoms with van der Waals surface area (Å²) in [6, 6.07) is 15.0. The second-order valence-corrected chi connectivity index (χ2v) is 9.44. The molecule has 2 aromatic carbocycles. The predicted molar refractivity (Wildman–Crippen MR) is 133 cm³/mol. The minimum absolute atomic E-state index is 0.136. The first kappa shape index (κ1) is 24.6. The normalized spacial score (nSPS) is 19.3. The van der Waals surface area contributed by atoms with Crippen molar-refractivity contribution in [2.24, 2.45) is 0 Å².